The van der Waals surface area contributed by atoms with Gasteiger partial charge in [-0.2, -0.15) is 0 Å². The van der Waals surface area contributed by atoms with E-state index in [1.807, 2.05) is 20.8 Å². The van der Waals surface area contributed by atoms with Gasteiger partial charge in [-0.15, -0.1) is 11.8 Å². The van der Waals surface area contributed by atoms with Crippen molar-refractivity contribution < 1.29 is 9.53 Å². The Kier molecular flexibility index (Phi) is 8.77. The molecule has 0 saturated carbocycles. The lowest BCUT2D eigenvalue weighted by Crippen LogP contribution is -2.39. The molecular formula is C18H28N2O2S. The van der Waals surface area contributed by atoms with Gasteiger partial charge in [0.05, 0.1) is 7.11 Å². The summed E-state index contributed by atoms with van der Waals surface area (Å²) in [7, 11) is 1.57. The molecule has 0 aliphatic heterocycles. The molecule has 1 rings (SSSR count). The Morgan fingerprint density at radius 3 is 2.43 bits per heavy atom. The number of hydrogen-bond donors (Lipinski definition) is 0. The minimum absolute atomic E-state index is 0.0574. The highest BCUT2D eigenvalue weighted by molar-refractivity contribution is 7.98. The summed E-state index contributed by atoms with van der Waals surface area (Å²) in [5.41, 5.74) is 1.17. The van der Waals surface area contributed by atoms with E-state index in [1.54, 1.807) is 23.8 Å². The van der Waals surface area contributed by atoms with E-state index >= 15 is 0 Å². The Labute approximate surface area is 144 Å². The van der Waals surface area contributed by atoms with Gasteiger partial charge in [0.15, 0.2) is 0 Å². The van der Waals surface area contributed by atoms with Gasteiger partial charge in [0, 0.05) is 23.9 Å². The first kappa shape index (κ1) is 19.6. The second kappa shape index (κ2) is 10.3. The van der Waals surface area contributed by atoms with Gasteiger partial charge in [-0.25, -0.2) is 4.99 Å². The lowest BCUT2D eigenvalue weighted by Gasteiger charge is -2.23. The summed E-state index contributed by atoms with van der Waals surface area (Å²) in [4.78, 5) is 19.9. The van der Waals surface area contributed by atoms with Crippen molar-refractivity contribution in [1.82, 2.24) is 4.90 Å². The fraction of sp³-hybridized carbons (Fsp3) is 0.556. The third kappa shape index (κ3) is 6.65. The van der Waals surface area contributed by atoms with Crippen LogP contribution in [0.25, 0.3) is 0 Å². The van der Waals surface area contributed by atoms with Crippen LogP contribution in [0.2, 0.25) is 0 Å². The zero-order valence-electron chi connectivity index (χ0n) is 14.8. The number of amides is 1. The molecule has 0 aromatic heterocycles. The molecule has 4 nitrogen and oxygen atoms in total. The first-order valence-electron chi connectivity index (χ1n) is 8.06. The average Bonchev–Trinajstić information content (AvgIpc) is 2.56. The summed E-state index contributed by atoms with van der Waals surface area (Å²) in [6, 6.07) is 8.87. The van der Waals surface area contributed by atoms with E-state index in [0.717, 1.165) is 12.8 Å². The molecule has 5 heteroatoms. The summed E-state index contributed by atoms with van der Waals surface area (Å²) < 4.78 is 5.33. The third-order valence-corrected chi connectivity index (χ3v) is 4.06. The molecule has 128 valence electrons. The molecule has 0 heterocycles. The number of methoxy groups -OCH3 is 1. The van der Waals surface area contributed by atoms with E-state index in [1.165, 1.54) is 10.5 Å². The van der Waals surface area contributed by atoms with E-state index in [2.05, 4.69) is 35.5 Å². The van der Waals surface area contributed by atoms with Gasteiger partial charge in [-0.05, 0) is 50.6 Å². The zero-order chi connectivity index (χ0) is 17.2. The molecule has 0 aliphatic rings. The first-order valence-corrected chi connectivity index (χ1v) is 9.29. The molecule has 0 atom stereocenters. The highest BCUT2D eigenvalue weighted by Gasteiger charge is 2.19. The molecule has 0 aliphatic carbocycles. The number of aryl methyl sites for hydroxylation is 1. The van der Waals surface area contributed by atoms with Crippen molar-refractivity contribution in [3.63, 3.8) is 0 Å². The minimum atomic E-state index is 0.0574. The summed E-state index contributed by atoms with van der Waals surface area (Å²) in [6.45, 7) is 6.62. The topological polar surface area (TPSA) is 41.9 Å². The molecule has 0 N–H and O–H groups in total. The smallest absolute Gasteiger partial charge is 0.294 e. The number of carbonyl (C=O) groups is 1. The van der Waals surface area contributed by atoms with Crippen molar-refractivity contribution >= 4 is 23.7 Å². The predicted molar refractivity (Wildman–Crippen MR) is 98.1 cm³/mol. The maximum Gasteiger partial charge on any atom is 0.294 e. The maximum absolute atomic E-state index is 12.6. The van der Waals surface area contributed by atoms with Crippen LogP contribution in [0.4, 0.5) is 0 Å². The van der Waals surface area contributed by atoms with Gasteiger partial charge in [0.25, 0.3) is 6.02 Å². The number of amidine groups is 1. The van der Waals surface area contributed by atoms with E-state index in [-0.39, 0.29) is 11.9 Å². The standard InChI is InChI=1S/C18H28N2O2S/c1-6-13-20(18(22-4)19-14(2)3)17(21)12-9-15-7-10-16(23-5)11-8-15/h7-8,10-11,14H,6,9,12-13H2,1-5H3/b19-18+. The number of benzene rings is 1. The monoisotopic (exact) mass is 336 g/mol. The molecular weight excluding hydrogens is 308 g/mol. The van der Waals surface area contributed by atoms with Crippen molar-refractivity contribution in [3.05, 3.63) is 29.8 Å². The predicted octanol–water partition coefficient (Wildman–Crippen LogP) is 3.99. The molecule has 1 amide bonds. The molecule has 1 aromatic rings. The van der Waals surface area contributed by atoms with Crippen LogP contribution in [0.15, 0.2) is 34.2 Å². The number of nitrogens with zero attached hydrogens (tertiary/aromatic N) is 2. The van der Waals surface area contributed by atoms with Crippen molar-refractivity contribution in [2.75, 3.05) is 19.9 Å². The van der Waals surface area contributed by atoms with Crippen LogP contribution in [0.3, 0.4) is 0 Å². The van der Waals surface area contributed by atoms with Gasteiger partial charge in [0.2, 0.25) is 5.91 Å². The summed E-state index contributed by atoms with van der Waals surface area (Å²) >= 11 is 1.72. The molecule has 0 fully saturated rings. The van der Waals surface area contributed by atoms with Crippen LogP contribution in [-0.4, -0.2) is 42.8 Å². The van der Waals surface area contributed by atoms with E-state index < -0.39 is 0 Å². The van der Waals surface area contributed by atoms with Crippen molar-refractivity contribution in [1.29, 1.82) is 0 Å². The Bertz CT molecular complexity index is 512. The fourth-order valence-electron chi connectivity index (χ4n) is 2.18. The summed E-state index contributed by atoms with van der Waals surface area (Å²) in [5, 5.41) is 0. The quantitative estimate of drug-likeness (QED) is 0.429. The Morgan fingerprint density at radius 2 is 1.96 bits per heavy atom. The molecule has 0 spiro atoms. The summed E-state index contributed by atoms with van der Waals surface area (Å²) in [6.07, 6.45) is 4.11. The number of ether oxygens (including phenoxy) is 1. The molecule has 0 saturated heterocycles. The van der Waals surface area contributed by atoms with Crippen molar-refractivity contribution in [2.24, 2.45) is 4.99 Å². The van der Waals surface area contributed by atoms with Crippen LogP contribution < -0.4 is 0 Å². The second-order valence-electron chi connectivity index (χ2n) is 5.60. The molecule has 0 unspecified atom stereocenters. The summed E-state index contributed by atoms with van der Waals surface area (Å²) in [5.74, 6) is 0.0574. The SMILES string of the molecule is CCCN(C(=O)CCc1ccc(SC)cc1)/C(=N\C(C)C)OC. The lowest BCUT2D eigenvalue weighted by atomic mass is 10.1. The van der Waals surface area contributed by atoms with Gasteiger partial charge in [0.1, 0.15) is 0 Å². The van der Waals surface area contributed by atoms with E-state index in [9.17, 15) is 4.79 Å². The Balaban J connectivity index is 2.73. The highest BCUT2D eigenvalue weighted by atomic mass is 32.2. The fourth-order valence-corrected chi connectivity index (χ4v) is 2.59. The highest BCUT2D eigenvalue weighted by Crippen LogP contribution is 2.16. The van der Waals surface area contributed by atoms with Crippen LogP contribution in [0, 0.1) is 0 Å². The van der Waals surface area contributed by atoms with Gasteiger partial charge >= 0.3 is 0 Å². The van der Waals surface area contributed by atoms with Gasteiger partial charge in [-0.1, -0.05) is 19.1 Å². The zero-order valence-corrected chi connectivity index (χ0v) is 15.7. The lowest BCUT2D eigenvalue weighted by molar-refractivity contribution is -0.128. The normalized spacial score (nSPS) is 11.7. The maximum atomic E-state index is 12.6. The van der Waals surface area contributed by atoms with E-state index in [4.69, 9.17) is 4.74 Å². The largest absolute Gasteiger partial charge is 0.468 e. The Morgan fingerprint density at radius 1 is 1.30 bits per heavy atom. The van der Waals surface area contributed by atoms with Crippen molar-refractivity contribution in [3.8, 4) is 0 Å². The van der Waals surface area contributed by atoms with Gasteiger partial charge in [-0.3, -0.25) is 9.69 Å². The van der Waals surface area contributed by atoms with Crippen LogP contribution in [0.5, 0.6) is 0 Å². The minimum Gasteiger partial charge on any atom is -0.468 e. The number of aliphatic imine (C=N–C) groups is 1. The number of rotatable bonds is 7. The van der Waals surface area contributed by atoms with Crippen LogP contribution in [0.1, 0.15) is 39.2 Å². The molecule has 23 heavy (non-hydrogen) atoms. The number of carbonyl (C=O) groups excluding carboxylic acids is 1. The molecule has 0 radical (unpaired) electrons. The average molecular weight is 337 g/mol. The molecule has 0 bridgehead atoms. The molecule has 1 aromatic carbocycles. The van der Waals surface area contributed by atoms with Crippen LogP contribution >= 0.6 is 11.8 Å². The van der Waals surface area contributed by atoms with Gasteiger partial charge < -0.3 is 4.74 Å². The van der Waals surface area contributed by atoms with Crippen molar-refractivity contribution in [2.45, 2.75) is 51.0 Å². The third-order valence-electron chi connectivity index (χ3n) is 3.32. The second-order valence-corrected chi connectivity index (χ2v) is 6.48. The Hall–Kier alpha value is -1.49. The number of hydrogen-bond acceptors (Lipinski definition) is 4. The van der Waals surface area contributed by atoms with Crippen LogP contribution in [-0.2, 0) is 16.0 Å². The first-order chi connectivity index (χ1) is 11.0. The number of thioether (sulfide) groups is 1. The van der Waals surface area contributed by atoms with E-state index in [0.29, 0.717) is 19.0 Å².